The van der Waals surface area contributed by atoms with Gasteiger partial charge in [-0.15, -0.1) is 24.0 Å². The smallest absolute Gasteiger partial charge is 0.194 e. The molecule has 0 radical (unpaired) electrons. The van der Waals surface area contributed by atoms with Gasteiger partial charge in [-0.1, -0.05) is 30.3 Å². The van der Waals surface area contributed by atoms with E-state index in [0.717, 1.165) is 29.6 Å². The van der Waals surface area contributed by atoms with Gasteiger partial charge in [0, 0.05) is 34.9 Å². The van der Waals surface area contributed by atoms with Gasteiger partial charge in [0.2, 0.25) is 0 Å². The minimum absolute atomic E-state index is 0. The minimum atomic E-state index is -0.899. The van der Waals surface area contributed by atoms with Crippen molar-refractivity contribution in [2.24, 2.45) is 4.99 Å². The zero-order valence-electron chi connectivity index (χ0n) is 17.4. The van der Waals surface area contributed by atoms with Crippen molar-refractivity contribution in [3.63, 3.8) is 0 Å². The molecule has 0 bridgehead atoms. The minimum Gasteiger partial charge on any atom is -0.357 e. The quantitative estimate of drug-likeness (QED) is 0.334. The van der Waals surface area contributed by atoms with Crippen LogP contribution in [0.4, 0.5) is 0 Å². The first-order valence-corrected chi connectivity index (χ1v) is 10.6. The molecule has 28 heavy (non-hydrogen) atoms. The van der Waals surface area contributed by atoms with Crippen LogP contribution in [0, 0.1) is 0 Å². The lowest BCUT2D eigenvalue weighted by atomic mass is 10.2. The second-order valence-electron chi connectivity index (χ2n) is 7.36. The number of imidazole rings is 1. The average molecular weight is 517 g/mol. The SMILES string of the molecule is CCNC(=NCCS(=O)C(C)(C)C)N(C)Cc1ncc(-c2ccccc2)[nH]1.I. The highest BCUT2D eigenvalue weighted by Gasteiger charge is 2.18. The Labute approximate surface area is 188 Å². The fraction of sp³-hybridized carbons (Fsp3) is 0.500. The summed E-state index contributed by atoms with van der Waals surface area (Å²) in [6, 6.07) is 10.1. The normalized spacial score (nSPS) is 13.0. The van der Waals surface area contributed by atoms with Gasteiger partial charge in [0.25, 0.3) is 0 Å². The molecule has 0 spiro atoms. The molecule has 6 nitrogen and oxygen atoms in total. The first kappa shape index (κ1) is 24.6. The molecule has 0 aliphatic rings. The van der Waals surface area contributed by atoms with Crippen molar-refractivity contribution >= 4 is 40.7 Å². The molecule has 0 aliphatic heterocycles. The number of nitrogens with zero attached hydrogens (tertiary/aromatic N) is 3. The number of aromatic amines is 1. The number of aliphatic imine (C=N–C) groups is 1. The standard InChI is InChI=1S/C20H31N5OS.HI/c1-6-21-19(22-12-13-27(26)20(2,3)4)25(5)15-18-23-14-17(24-18)16-10-8-7-9-11-16;/h7-11,14H,6,12-13,15H2,1-5H3,(H,21,22)(H,23,24);1H. The van der Waals surface area contributed by atoms with Gasteiger partial charge in [0.15, 0.2) is 5.96 Å². The van der Waals surface area contributed by atoms with Gasteiger partial charge in [-0.2, -0.15) is 0 Å². The third-order valence-electron chi connectivity index (χ3n) is 4.02. The number of nitrogens with one attached hydrogen (secondary N) is 2. The second kappa shape index (κ2) is 11.5. The molecule has 1 unspecified atom stereocenters. The molecule has 2 rings (SSSR count). The van der Waals surface area contributed by atoms with Gasteiger partial charge in [-0.3, -0.25) is 9.20 Å². The molecule has 2 aromatic rings. The van der Waals surface area contributed by atoms with E-state index in [0.29, 0.717) is 18.8 Å². The zero-order valence-corrected chi connectivity index (χ0v) is 20.5. The molecule has 0 saturated carbocycles. The number of H-pyrrole nitrogens is 1. The van der Waals surface area contributed by atoms with Crippen molar-refractivity contribution in [3.05, 3.63) is 42.4 Å². The maximum Gasteiger partial charge on any atom is 0.194 e. The van der Waals surface area contributed by atoms with E-state index < -0.39 is 10.8 Å². The summed E-state index contributed by atoms with van der Waals surface area (Å²) in [5.41, 5.74) is 2.12. The lowest BCUT2D eigenvalue weighted by molar-refractivity contribution is 0.464. The predicted octanol–water partition coefficient (Wildman–Crippen LogP) is 3.64. The molecule has 0 aliphatic carbocycles. The van der Waals surface area contributed by atoms with Gasteiger partial charge in [0.1, 0.15) is 5.82 Å². The maximum atomic E-state index is 12.2. The number of hydrogen-bond acceptors (Lipinski definition) is 3. The Hall–Kier alpha value is -1.42. The molecule has 1 atom stereocenters. The van der Waals surface area contributed by atoms with Crippen molar-refractivity contribution in [2.45, 2.75) is 39.0 Å². The molecule has 0 fully saturated rings. The molecule has 2 N–H and O–H groups in total. The molecule has 1 aromatic heterocycles. The molecule has 0 amide bonds. The Kier molecular flexibility index (Phi) is 10.2. The number of guanidine groups is 1. The van der Waals surface area contributed by atoms with E-state index in [-0.39, 0.29) is 28.7 Å². The Morgan fingerprint density at radius 1 is 1.29 bits per heavy atom. The number of halogens is 1. The van der Waals surface area contributed by atoms with Crippen LogP contribution in [0.5, 0.6) is 0 Å². The number of aromatic nitrogens is 2. The third kappa shape index (κ3) is 7.54. The lowest BCUT2D eigenvalue weighted by Crippen LogP contribution is -2.39. The highest BCUT2D eigenvalue weighted by Crippen LogP contribution is 2.16. The number of hydrogen-bond donors (Lipinski definition) is 2. The Balaban J connectivity index is 0.00000392. The van der Waals surface area contributed by atoms with Crippen LogP contribution in [0.25, 0.3) is 11.3 Å². The van der Waals surface area contributed by atoms with Gasteiger partial charge in [0.05, 0.1) is 25.0 Å². The first-order chi connectivity index (χ1) is 12.8. The van der Waals surface area contributed by atoms with E-state index in [1.54, 1.807) is 0 Å². The average Bonchev–Trinajstić information content (AvgIpc) is 3.09. The van der Waals surface area contributed by atoms with Crippen LogP contribution in [0.1, 0.15) is 33.5 Å². The third-order valence-corrected chi connectivity index (χ3v) is 5.94. The van der Waals surface area contributed by atoms with E-state index in [9.17, 15) is 4.21 Å². The summed E-state index contributed by atoms with van der Waals surface area (Å²) in [6.45, 7) is 9.93. The van der Waals surface area contributed by atoms with Crippen molar-refractivity contribution in [1.29, 1.82) is 0 Å². The first-order valence-electron chi connectivity index (χ1n) is 9.28. The van der Waals surface area contributed by atoms with Crippen LogP contribution >= 0.6 is 24.0 Å². The van der Waals surface area contributed by atoms with Gasteiger partial charge in [-0.25, -0.2) is 4.98 Å². The molecular weight excluding hydrogens is 485 g/mol. The fourth-order valence-electron chi connectivity index (χ4n) is 2.52. The highest BCUT2D eigenvalue weighted by molar-refractivity contribution is 14.0. The van der Waals surface area contributed by atoms with Gasteiger partial charge >= 0.3 is 0 Å². The van der Waals surface area contributed by atoms with E-state index in [1.807, 2.05) is 64.0 Å². The molecule has 1 heterocycles. The molecule has 1 aromatic carbocycles. The second-order valence-corrected chi connectivity index (χ2v) is 9.69. The van der Waals surface area contributed by atoms with Crippen LogP contribution in [-0.2, 0) is 17.3 Å². The Morgan fingerprint density at radius 3 is 2.57 bits per heavy atom. The van der Waals surface area contributed by atoms with E-state index in [1.165, 1.54) is 0 Å². The van der Waals surface area contributed by atoms with Crippen molar-refractivity contribution in [1.82, 2.24) is 20.2 Å². The number of benzene rings is 1. The summed E-state index contributed by atoms with van der Waals surface area (Å²) in [5, 5.41) is 3.29. The summed E-state index contributed by atoms with van der Waals surface area (Å²) in [4.78, 5) is 14.5. The summed E-state index contributed by atoms with van der Waals surface area (Å²) in [5.74, 6) is 2.23. The summed E-state index contributed by atoms with van der Waals surface area (Å²) in [7, 11) is 1.08. The summed E-state index contributed by atoms with van der Waals surface area (Å²) >= 11 is 0. The van der Waals surface area contributed by atoms with Crippen molar-refractivity contribution in [2.75, 3.05) is 25.9 Å². The predicted molar refractivity (Wildman–Crippen MR) is 130 cm³/mol. The highest BCUT2D eigenvalue weighted by atomic mass is 127. The van der Waals surface area contributed by atoms with Crippen LogP contribution < -0.4 is 5.32 Å². The Morgan fingerprint density at radius 2 is 1.96 bits per heavy atom. The topological polar surface area (TPSA) is 73.4 Å². The molecular formula is C20H32IN5OS. The molecule has 0 saturated heterocycles. The van der Waals surface area contributed by atoms with E-state index in [2.05, 4.69) is 32.4 Å². The summed E-state index contributed by atoms with van der Waals surface area (Å²) in [6.07, 6.45) is 1.86. The van der Waals surface area contributed by atoms with Crippen molar-refractivity contribution in [3.8, 4) is 11.3 Å². The Bertz CT molecular complexity index is 770. The summed E-state index contributed by atoms with van der Waals surface area (Å²) < 4.78 is 12.0. The van der Waals surface area contributed by atoms with Crippen LogP contribution in [0.15, 0.2) is 41.5 Å². The zero-order chi connectivity index (χ0) is 19.9. The largest absolute Gasteiger partial charge is 0.357 e. The molecule has 156 valence electrons. The van der Waals surface area contributed by atoms with Crippen LogP contribution in [0.2, 0.25) is 0 Å². The number of rotatable bonds is 7. The van der Waals surface area contributed by atoms with E-state index in [4.69, 9.17) is 0 Å². The lowest BCUT2D eigenvalue weighted by Gasteiger charge is -2.21. The van der Waals surface area contributed by atoms with Gasteiger partial charge in [-0.05, 0) is 33.3 Å². The van der Waals surface area contributed by atoms with E-state index >= 15 is 0 Å². The monoisotopic (exact) mass is 517 g/mol. The fourth-order valence-corrected chi connectivity index (χ4v) is 3.39. The van der Waals surface area contributed by atoms with Crippen LogP contribution in [0.3, 0.4) is 0 Å². The van der Waals surface area contributed by atoms with Gasteiger partial charge < -0.3 is 15.2 Å². The maximum absolute atomic E-state index is 12.2. The van der Waals surface area contributed by atoms with Crippen molar-refractivity contribution < 1.29 is 4.21 Å². The van der Waals surface area contributed by atoms with Crippen LogP contribution in [-0.4, -0.2) is 55.7 Å². The molecule has 8 heteroatoms.